The lowest BCUT2D eigenvalue weighted by Gasteiger charge is -2.11. The predicted octanol–water partition coefficient (Wildman–Crippen LogP) is 0.370. The van der Waals surface area contributed by atoms with Crippen LogP contribution in [0.3, 0.4) is 0 Å². The summed E-state index contributed by atoms with van der Waals surface area (Å²) in [4.78, 5) is 10.5. The van der Waals surface area contributed by atoms with Gasteiger partial charge < -0.3 is 14.9 Å². The second-order valence-electron chi connectivity index (χ2n) is 2.95. The average Bonchev–Trinajstić information content (AvgIpc) is 2.26. The van der Waals surface area contributed by atoms with Crippen molar-refractivity contribution in [2.45, 2.75) is 6.10 Å². The van der Waals surface area contributed by atoms with Crippen molar-refractivity contribution in [2.24, 2.45) is 0 Å². The topological polar surface area (TPSA) is 66.8 Å². The molecule has 0 saturated carbocycles. The van der Waals surface area contributed by atoms with Gasteiger partial charge in [0.05, 0.1) is 12.2 Å². The van der Waals surface area contributed by atoms with Crippen molar-refractivity contribution in [3.8, 4) is 5.75 Å². The Morgan fingerprint density at radius 3 is 2.87 bits per heavy atom. The van der Waals surface area contributed by atoms with Crippen molar-refractivity contribution in [3.63, 3.8) is 0 Å². The van der Waals surface area contributed by atoms with Crippen LogP contribution >= 0.6 is 0 Å². The lowest BCUT2D eigenvalue weighted by molar-refractivity contribution is 0.0533. The van der Waals surface area contributed by atoms with Crippen LogP contribution in [0.25, 0.3) is 0 Å². The van der Waals surface area contributed by atoms with Crippen molar-refractivity contribution in [2.75, 3.05) is 13.2 Å². The molecule has 0 aliphatic rings. The van der Waals surface area contributed by atoms with Gasteiger partial charge >= 0.3 is 0 Å². The first-order chi connectivity index (χ1) is 7.17. The second-order valence-corrected chi connectivity index (χ2v) is 2.95. The van der Waals surface area contributed by atoms with Crippen LogP contribution in [-0.2, 0) is 0 Å². The first kappa shape index (κ1) is 11.6. The molecule has 2 N–H and O–H groups in total. The van der Waals surface area contributed by atoms with Gasteiger partial charge in [0.2, 0.25) is 0 Å². The number of rotatable bonds is 5. The van der Waals surface area contributed by atoms with Crippen LogP contribution in [0, 0.1) is 5.82 Å². The fourth-order valence-electron chi connectivity index (χ4n) is 0.982. The van der Waals surface area contributed by atoms with Gasteiger partial charge in [-0.05, 0) is 18.2 Å². The van der Waals surface area contributed by atoms with Crippen LogP contribution in [0.4, 0.5) is 4.39 Å². The highest BCUT2D eigenvalue weighted by Gasteiger charge is 2.07. The smallest absolute Gasteiger partial charge is 0.153 e. The van der Waals surface area contributed by atoms with Crippen LogP contribution in [-0.4, -0.2) is 35.8 Å². The molecule has 5 heteroatoms. The summed E-state index contributed by atoms with van der Waals surface area (Å²) < 4.78 is 17.7. The highest BCUT2D eigenvalue weighted by atomic mass is 19.1. The van der Waals surface area contributed by atoms with E-state index < -0.39 is 18.5 Å². The first-order valence-corrected chi connectivity index (χ1v) is 4.34. The zero-order valence-electron chi connectivity index (χ0n) is 7.89. The molecule has 0 aliphatic carbocycles. The summed E-state index contributed by atoms with van der Waals surface area (Å²) in [6, 6.07) is 3.48. The Morgan fingerprint density at radius 1 is 1.53 bits per heavy atom. The number of benzene rings is 1. The Labute approximate surface area is 85.9 Å². The minimum Gasteiger partial charge on any atom is -0.490 e. The standard InChI is InChI=1S/C10H11FO4/c11-8-1-2-10(7(3-8)4-12)15-6-9(14)5-13/h1-4,9,13-14H,5-6H2. The summed E-state index contributed by atoms with van der Waals surface area (Å²) in [6.07, 6.45) is -0.557. The van der Waals surface area contributed by atoms with Gasteiger partial charge in [-0.25, -0.2) is 4.39 Å². The highest BCUT2D eigenvalue weighted by Crippen LogP contribution is 2.17. The Morgan fingerprint density at radius 2 is 2.27 bits per heavy atom. The van der Waals surface area contributed by atoms with Crippen LogP contribution in [0.15, 0.2) is 18.2 Å². The molecule has 0 bridgehead atoms. The van der Waals surface area contributed by atoms with Crippen LogP contribution in [0.1, 0.15) is 10.4 Å². The third-order valence-electron chi connectivity index (χ3n) is 1.74. The third-order valence-corrected chi connectivity index (χ3v) is 1.74. The van der Waals surface area contributed by atoms with Gasteiger partial charge in [-0.3, -0.25) is 4.79 Å². The van der Waals surface area contributed by atoms with Gasteiger partial charge in [-0.1, -0.05) is 0 Å². The maximum absolute atomic E-state index is 12.7. The van der Waals surface area contributed by atoms with Crippen molar-refractivity contribution in [1.82, 2.24) is 0 Å². The van der Waals surface area contributed by atoms with E-state index >= 15 is 0 Å². The maximum atomic E-state index is 12.7. The molecule has 1 atom stereocenters. The molecule has 0 aromatic heterocycles. The lowest BCUT2D eigenvalue weighted by Crippen LogP contribution is -2.21. The van der Waals surface area contributed by atoms with E-state index in [9.17, 15) is 9.18 Å². The van der Waals surface area contributed by atoms with E-state index in [0.29, 0.717) is 6.29 Å². The van der Waals surface area contributed by atoms with Crippen molar-refractivity contribution < 1.29 is 24.1 Å². The summed E-state index contributed by atoms with van der Waals surface area (Å²) in [5.41, 5.74) is 0.0696. The molecule has 1 aromatic rings. The summed E-state index contributed by atoms with van der Waals surface area (Å²) >= 11 is 0. The molecular formula is C10H11FO4. The molecule has 0 fully saturated rings. The Kier molecular flexibility index (Phi) is 4.20. The first-order valence-electron chi connectivity index (χ1n) is 4.34. The molecule has 1 aromatic carbocycles. The van der Waals surface area contributed by atoms with Crippen LogP contribution < -0.4 is 4.74 Å². The Bertz CT molecular complexity index is 340. The van der Waals surface area contributed by atoms with E-state index in [1.165, 1.54) is 6.07 Å². The summed E-state index contributed by atoms with van der Waals surface area (Å²) in [5, 5.41) is 17.5. The number of aliphatic hydroxyl groups excluding tert-OH is 2. The van der Waals surface area contributed by atoms with E-state index in [1.54, 1.807) is 0 Å². The number of hydrogen-bond donors (Lipinski definition) is 2. The summed E-state index contributed by atoms with van der Waals surface area (Å²) in [7, 11) is 0. The Balaban J connectivity index is 2.72. The summed E-state index contributed by atoms with van der Waals surface area (Å²) in [6.45, 7) is -0.583. The largest absolute Gasteiger partial charge is 0.490 e. The zero-order valence-corrected chi connectivity index (χ0v) is 7.89. The summed E-state index contributed by atoms with van der Waals surface area (Å²) in [5.74, 6) is -0.356. The monoisotopic (exact) mass is 214 g/mol. The van der Waals surface area contributed by atoms with Crippen molar-refractivity contribution >= 4 is 6.29 Å². The molecule has 0 heterocycles. The highest BCUT2D eigenvalue weighted by molar-refractivity contribution is 5.79. The number of carbonyl (C=O) groups is 1. The molecule has 0 radical (unpaired) electrons. The minimum atomic E-state index is -1.02. The van der Waals surface area contributed by atoms with E-state index in [1.807, 2.05) is 0 Å². The van der Waals surface area contributed by atoms with Crippen LogP contribution in [0.5, 0.6) is 5.75 Å². The van der Waals surface area contributed by atoms with Crippen molar-refractivity contribution in [3.05, 3.63) is 29.6 Å². The molecular weight excluding hydrogens is 203 g/mol. The number of hydrogen-bond acceptors (Lipinski definition) is 4. The van der Waals surface area contributed by atoms with Crippen molar-refractivity contribution in [1.29, 1.82) is 0 Å². The molecule has 0 aliphatic heterocycles. The SMILES string of the molecule is O=Cc1cc(F)ccc1OCC(O)CO. The second kappa shape index (κ2) is 5.43. The molecule has 4 nitrogen and oxygen atoms in total. The average molecular weight is 214 g/mol. The zero-order chi connectivity index (χ0) is 11.3. The van der Waals surface area contributed by atoms with E-state index in [-0.39, 0.29) is 17.9 Å². The number of carbonyl (C=O) groups excluding carboxylic acids is 1. The van der Waals surface area contributed by atoms with Crippen LogP contribution in [0.2, 0.25) is 0 Å². The number of ether oxygens (including phenoxy) is 1. The maximum Gasteiger partial charge on any atom is 0.153 e. The predicted molar refractivity (Wildman–Crippen MR) is 50.4 cm³/mol. The van der Waals surface area contributed by atoms with Gasteiger partial charge in [-0.15, -0.1) is 0 Å². The third kappa shape index (κ3) is 3.30. The van der Waals surface area contributed by atoms with Gasteiger partial charge in [0.15, 0.2) is 6.29 Å². The van der Waals surface area contributed by atoms with Gasteiger partial charge in [-0.2, -0.15) is 0 Å². The number of aliphatic hydroxyl groups is 2. The number of halogens is 1. The molecule has 0 amide bonds. The molecule has 1 unspecified atom stereocenters. The quantitative estimate of drug-likeness (QED) is 0.695. The molecule has 1 rings (SSSR count). The normalized spacial score (nSPS) is 12.2. The molecule has 0 spiro atoms. The number of aldehydes is 1. The van der Waals surface area contributed by atoms with E-state index in [2.05, 4.69) is 0 Å². The van der Waals surface area contributed by atoms with Gasteiger partial charge in [0.1, 0.15) is 24.3 Å². The van der Waals surface area contributed by atoms with Gasteiger partial charge in [0, 0.05) is 0 Å². The molecule has 82 valence electrons. The fraction of sp³-hybridized carbons (Fsp3) is 0.300. The van der Waals surface area contributed by atoms with Gasteiger partial charge in [0.25, 0.3) is 0 Å². The van der Waals surface area contributed by atoms with E-state index in [0.717, 1.165) is 12.1 Å². The molecule has 15 heavy (non-hydrogen) atoms. The Hall–Kier alpha value is -1.46. The fourth-order valence-corrected chi connectivity index (χ4v) is 0.982. The molecule has 0 saturated heterocycles. The minimum absolute atomic E-state index is 0.0696. The lowest BCUT2D eigenvalue weighted by atomic mass is 10.2. The van der Waals surface area contributed by atoms with E-state index in [4.69, 9.17) is 14.9 Å².